The van der Waals surface area contributed by atoms with Crippen LogP contribution >= 0.6 is 0 Å². The van der Waals surface area contributed by atoms with E-state index in [0.29, 0.717) is 12.2 Å². The Morgan fingerprint density at radius 2 is 1.64 bits per heavy atom. The van der Waals surface area contributed by atoms with Gasteiger partial charge in [0.25, 0.3) is 0 Å². The van der Waals surface area contributed by atoms with Gasteiger partial charge >= 0.3 is 0 Å². The molecule has 226 valence electrons. The molecule has 0 spiro atoms. The molecule has 0 aliphatic rings. The molecule has 0 saturated carbocycles. The predicted octanol–water partition coefficient (Wildman–Crippen LogP) is 4.16. The molecule has 3 aromatic rings. The van der Waals surface area contributed by atoms with E-state index in [9.17, 15) is 22.4 Å². The van der Waals surface area contributed by atoms with Crippen molar-refractivity contribution in [2.75, 3.05) is 31.3 Å². The summed E-state index contributed by atoms with van der Waals surface area (Å²) in [7, 11) is -1.22. The third kappa shape index (κ3) is 8.45. The molecule has 42 heavy (non-hydrogen) atoms. The number of hydrogen-bond donors (Lipinski definition) is 1. The molecular weight excluding hydrogens is 561 g/mol. The van der Waals surface area contributed by atoms with Crippen molar-refractivity contribution in [3.05, 3.63) is 89.7 Å². The largest absolute Gasteiger partial charge is 0.497 e. The number of hydrogen-bond acceptors (Lipinski definition) is 6. The van der Waals surface area contributed by atoms with Gasteiger partial charge in [-0.2, -0.15) is 0 Å². The lowest BCUT2D eigenvalue weighted by molar-refractivity contribution is -0.140. The molecule has 11 heteroatoms. The highest BCUT2D eigenvalue weighted by molar-refractivity contribution is 7.92. The second-order valence-electron chi connectivity index (χ2n) is 9.94. The van der Waals surface area contributed by atoms with Crippen molar-refractivity contribution < 1.29 is 31.9 Å². The molecule has 9 nitrogen and oxygen atoms in total. The van der Waals surface area contributed by atoms with Gasteiger partial charge in [-0.25, -0.2) is 12.8 Å². The zero-order chi connectivity index (χ0) is 30.9. The number of anilines is 1. The van der Waals surface area contributed by atoms with Crippen LogP contribution in [0.5, 0.6) is 11.5 Å². The van der Waals surface area contributed by atoms with Crippen molar-refractivity contribution >= 4 is 27.5 Å². The predicted molar refractivity (Wildman–Crippen MR) is 161 cm³/mol. The van der Waals surface area contributed by atoms with Crippen LogP contribution in [0.1, 0.15) is 31.4 Å². The SMILES string of the molecule is CC[C@H](C)NC(=O)[C@H](Cc1ccccc1)N(Cc1ccccc1F)C(=O)CN(c1cc(OC)ccc1OC)S(C)(=O)=O. The van der Waals surface area contributed by atoms with Gasteiger partial charge in [0.1, 0.15) is 29.9 Å². The first-order chi connectivity index (χ1) is 20.0. The summed E-state index contributed by atoms with van der Waals surface area (Å²) in [5.74, 6) is -1.13. The average molecular weight is 600 g/mol. The van der Waals surface area contributed by atoms with Gasteiger partial charge in [-0.15, -0.1) is 0 Å². The Balaban J connectivity index is 2.12. The molecule has 0 radical (unpaired) electrons. The highest BCUT2D eigenvalue weighted by atomic mass is 32.2. The standard InChI is InChI=1S/C31H38FN3O6S/c1-6-22(2)33-31(37)28(18-23-12-8-7-9-13-23)34(20-24-14-10-11-15-26(24)32)30(36)21-35(42(5,38)39)27-19-25(40-3)16-17-29(27)41-4/h7-17,19,22,28H,6,18,20-21H2,1-5H3,(H,33,37)/t22-,28-/m0/s1. The Morgan fingerprint density at radius 3 is 2.24 bits per heavy atom. The van der Waals surface area contributed by atoms with Gasteiger partial charge in [0, 0.05) is 30.6 Å². The van der Waals surface area contributed by atoms with Gasteiger partial charge in [0.15, 0.2) is 0 Å². The summed E-state index contributed by atoms with van der Waals surface area (Å²) in [6.07, 6.45) is 1.75. The molecule has 0 aromatic heterocycles. The second kappa shape index (κ2) is 14.7. The number of rotatable bonds is 14. The number of nitrogens with zero attached hydrogens (tertiary/aromatic N) is 2. The van der Waals surface area contributed by atoms with Crippen LogP contribution in [-0.4, -0.2) is 64.2 Å². The number of nitrogens with one attached hydrogen (secondary N) is 1. The number of amides is 2. The summed E-state index contributed by atoms with van der Waals surface area (Å²) in [5.41, 5.74) is 1.05. The molecular formula is C31H38FN3O6S. The Labute approximate surface area is 247 Å². The number of benzene rings is 3. The summed E-state index contributed by atoms with van der Waals surface area (Å²) in [6, 6.07) is 18.4. The number of methoxy groups -OCH3 is 2. The van der Waals surface area contributed by atoms with E-state index in [1.165, 1.54) is 49.5 Å². The molecule has 0 fully saturated rings. The topological polar surface area (TPSA) is 105 Å². The van der Waals surface area contributed by atoms with E-state index >= 15 is 0 Å². The lowest BCUT2D eigenvalue weighted by Crippen LogP contribution is -2.54. The summed E-state index contributed by atoms with van der Waals surface area (Å²) in [6.45, 7) is 2.84. The molecule has 1 N–H and O–H groups in total. The molecule has 0 unspecified atom stereocenters. The third-order valence-corrected chi connectivity index (χ3v) is 8.03. The normalized spacial score (nSPS) is 12.6. The fourth-order valence-electron chi connectivity index (χ4n) is 4.39. The first-order valence-electron chi connectivity index (χ1n) is 13.5. The molecule has 0 heterocycles. The van der Waals surface area contributed by atoms with Gasteiger partial charge in [0.2, 0.25) is 21.8 Å². The molecule has 0 aliphatic carbocycles. The Bertz CT molecular complexity index is 1470. The van der Waals surface area contributed by atoms with E-state index in [1.54, 1.807) is 12.1 Å². The Hall–Kier alpha value is -4.12. The van der Waals surface area contributed by atoms with Crippen LogP contribution in [0.3, 0.4) is 0 Å². The fourth-order valence-corrected chi connectivity index (χ4v) is 5.24. The maximum absolute atomic E-state index is 14.9. The fraction of sp³-hybridized carbons (Fsp3) is 0.355. The Morgan fingerprint density at radius 1 is 0.976 bits per heavy atom. The van der Waals surface area contributed by atoms with E-state index in [0.717, 1.165) is 16.1 Å². The monoisotopic (exact) mass is 599 g/mol. The lowest BCUT2D eigenvalue weighted by atomic mass is 10.0. The van der Waals surface area contributed by atoms with Gasteiger partial charge in [0.05, 0.1) is 26.2 Å². The van der Waals surface area contributed by atoms with Crippen molar-refractivity contribution in [3.8, 4) is 11.5 Å². The van der Waals surface area contributed by atoms with Gasteiger partial charge in [-0.05, 0) is 37.1 Å². The third-order valence-electron chi connectivity index (χ3n) is 6.90. The van der Waals surface area contributed by atoms with Crippen LogP contribution in [0.25, 0.3) is 0 Å². The van der Waals surface area contributed by atoms with Crippen LogP contribution in [-0.2, 0) is 32.6 Å². The highest BCUT2D eigenvalue weighted by Gasteiger charge is 2.34. The maximum Gasteiger partial charge on any atom is 0.244 e. The smallest absolute Gasteiger partial charge is 0.244 e. The molecule has 3 aromatic carbocycles. The molecule has 2 amide bonds. The van der Waals surface area contributed by atoms with Crippen molar-refractivity contribution in [2.24, 2.45) is 0 Å². The molecule has 2 atom stereocenters. The first kappa shape index (κ1) is 32.4. The summed E-state index contributed by atoms with van der Waals surface area (Å²) in [5, 5.41) is 2.94. The second-order valence-corrected chi connectivity index (χ2v) is 11.9. The van der Waals surface area contributed by atoms with Crippen LogP contribution < -0.4 is 19.1 Å². The number of halogens is 1. The van der Waals surface area contributed by atoms with E-state index in [2.05, 4.69) is 5.32 Å². The van der Waals surface area contributed by atoms with Crippen molar-refractivity contribution in [2.45, 2.75) is 45.3 Å². The maximum atomic E-state index is 14.9. The van der Waals surface area contributed by atoms with Crippen LogP contribution in [0.2, 0.25) is 0 Å². The highest BCUT2D eigenvalue weighted by Crippen LogP contribution is 2.34. The molecule has 3 rings (SSSR count). The molecule has 0 bridgehead atoms. The minimum Gasteiger partial charge on any atom is -0.497 e. The number of sulfonamides is 1. The van der Waals surface area contributed by atoms with Crippen LogP contribution in [0, 0.1) is 5.82 Å². The van der Waals surface area contributed by atoms with Crippen LogP contribution in [0.4, 0.5) is 10.1 Å². The van der Waals surface area contributed by atoms with Gasteiger partial charge < -0.3 is 19.7 Å². The number of carbonyl (C=O) groups is 2. The average Bonchev–Trinajstić information content (AvgIpc) is 2.97. The summed E-state index contributed by atoms with van der Waals surface area (Å²) >= 11 is 0. The molecule has 0 saturated heterocycles. The zero-order valence-electron chi connectivity index (χ0n) is 24.5. The van der Waals surface area contributed by atoms with Gasteiger partial charge in [-0.1, -0.05) is 55.5 Å². The van der Waals surface area contributed by atoms with E-state index in [4.69, 9.17) is 9.47 Å². The van der Waals surface area contributed by atoms with Crippen LogP contribution in [0.15, 0.2) is 72.8 Å². The quantitative estimate of drug-likeness (QED) is 0.298. The van der Waals surface area contributed by atoms with Crippen molar-refractivity contribution in [1.82, 2.24) is 10.2 Å². The summed E-state index contributed by atoms with van der Waals surface area (Å²) < 4.78 is 52.6. The van der Waals surface area contributed by atoms with E-state index in [1.807, 2.05) is 44.2 Å². The number of carbonyl (C=O) groups excluding carboxylic acids is 2. The lowest BCUT2D eigenvalue weighted by Gasteiger charge is -2.34. The number of ether oxygens (including phenoxy) is 2. The summed E-state index contributed by atoms with van der Waals surface area (Å²) in [4.78, 5) is 29.1. The van der Waals surface area contributed by atoms with Crippen molar-refractivity contribution in [3.63, 3.8) is 0 Å². The minimum atomic E-state index is -4.04. The molecule has 0 aliphatic heterocycles. The van der Waals surface area contributed by atoms with Gasteiger partial charge in [-0.3, -0.25) is 13.9 Å². The van der Waals surface area contributed by atoms with E-state index < -0.39 is 40.2 Å². The Kier molecular flexibility index (Phi) is 11.3. The zero-order valence-corrected chi connectivity index (χ0v) is 25.4. The first-order valence-corrected chi connectivity index (χ1v) is 15.4. The minimum absolute atomic E-state index is 0.0854. The van der Waals surface area contributed by atoms with E-state index in [-0.39, 0.29) is 36.0 Å². The van der Waals surface area contributed by atoms with Crippen molar-refractivity contribution in [1.29, 1.82) is 0 Å².